The quantitative estimate of drug-likeness (QED) is 0.247. The minimum Gasteiger partial charge on any atom is -0.359 e. The van der Waals surface area contributed by atoms with Crippen LogP contribution >= 0.6 is 35.6 Å². The molecule has 34 heavy (non-hydrogen) atoms. The van der Waals surface area contributed by atoms with Gasteiger partial charge in [0.15, 0.2) is 16.1 Å². The molecule has 3 aromatic rings. The van der Waals surface area contributed by atoms with Gasteiger partial charge in [0.1, 0.15) is 0 Å². The van der Waals surface area contributed by atoms with E-state index in [1.54, 1.807) is 0 Å². The summed E-state index contributed by atoms with van der Waals surface area (Å²) in [7, 11) is 0. The molecule has 0 atom stereocenters. The third-order valence-electron chi connectivity index (χ3n) is 5.62. The summed E-state index contributed by atoms with van der Waals surface area (Å²) < 4.78 is 1.95. The van der Waals surface area contributed by atoms with Crippen molar-refractivity contribution in [3.63, 3.8) is 0 Å². The van der Waals surface area contributed by atoms with Crippen LogP contribution in [0.2, 0.25) is 5.02 Å². The monoisotopic (exact) mass is 514 g/mol. The van der Waals surface area contributed by atoms with Crippen LogP contribution in [0, 0.1) is 6.92 Å². The summed E-state index contributed by atoms with van der Waals surface area (Å²) in [6, 6.07) is 15.9. The van der Waals surface area contributed by atoms with Crippen LogP contribution in [0.1, 0.15) is 37.7 Å². The highest BCUT2D eigenvalue weighted by Gasteiger charge is 2.18. The number of benzene rings is 2. The van der Waals surface area contributed by atoms with Crippen molar-refractivity contribution in [2.45, 2.75) is 50.2 Å². The van der Waals surface area contributed by atoms with E-state index in [1.165, 1.54) is 31.0 Å². The third kappa shape index (κ3) is 6.49. The number of nitrogens with one attached hydrogen (secondary N) is 3. The number of halogens is 1. The van der Waals surface area contributed by atoms with Crippen molar-refractivity contribution in [3.8, 4) is 17.1 Å². The second kappa shape index (κ2) is 11.7. The number of thioether (sulfide) groups is 1. The van der Waals surface area contributed by atoms with E-state index in [4.69, 9.17) is 23.8 Å². The number of carbonyl (C=O) groups excluding carboxylic acids is 1. The topological polar surface area (TPSA) is 83.9 Å². The molecule has 1 aliphatic carbocycles. The Morgan fingerprint density at radius 3 is 2.47 bits per heavy atom. The number of carbonyl (C=O) groups is 1. The van der Waals surface area contributed by atoms with Gasteiger partial charge >= 0.3 is 0 Å². The van der Waals surface area contributed by atoms with Crippen molar-refractivity contribution < 1.29 is 4.79 Å². The molecule has 2 aromatic carbocycles. The standard InChI is InChI=1S/C24H27ClN6OS2/c1-16-7-13-20(14-8-16)31-22(17-9-11-18(25)12-10-17)28-30-24(31)34-15-21(32)27-29-23(33)26-19-5-3-2-4-6-19/h7-14,19H,2-6,15H2,1H3,(H,27,32)(H2,26,29,33). The fourth-order valence-corrected chi connectivity index (χ4v) is 4.93. The van der Waals surface area contributed by atoms with Crippen molar-refractivity contribution in [3.05, 3.63) is 59.1 Å². The Labute approximate surface area is 214 Å². The molecule has 1 aliphatic rings. The van der Waals surface area contributed by atoms with Crippen molar-refractivity contribution in [2.24, 2.45) is 0 Å². The molecule has 0 aliphatic heterocycles. The summed E-state index contributed by atoms with van der Waals surface area (Å²) >= 11 is 12.7. The van der Waals surface area contributed by atoms with Crippen LogP contribution < -0.4 is 16.2 Å². The average molecular weight is 515 g/mol. The van der Waals surface area contributed by atoms with Gasteiger partial charge in [-0.1, -0.05) is 60.3 Å². The Morgan fingerprint density at radius 2 is 1.76 bits per heavy atom. The molecule has 7 nitrogen and oxygen atoms in total. The Morgan fingerprint density at radius 1 is 1.06 bits per heavy atom. The molecule has 1 saturated carbocycles. The zero-order valence-corrected chi connectivity index (χ0v) is 21.3. The normalized spacial score (nSPS) is 13.9. The number of aryl methyl sites for hydroxylation is 1. The fourth-order valence-electron chi connectivity index (χ4n) is 3.84. The predicted octanol–water partition coefficient (Wildman–Crippen LogP) is 4.82. The molecular formula is C24H27ClN6OS2. The summed E-state index contributed by atoms with van der Waals surface area (Å²) in [5.74, 6) is 0.632. The SMILES string of the molecule is Cc1ccc(-n2c(SCC(=O)NNC(=S)NC3CCCCC3)nnc2-c2ccc(Cl)cc2)cc1. The van der Waals surface area contributed by atoms with Gasteiger partial charge in [-0.15, -0.1) is 10.2 Å². The second-order valence-electron chi connectivity index (χ2n) is 8.25. The molecule has 1 amide bonds. The highest BCUT2D eigenvalue weighted by molar-refractivity contribution is 7.99. The van der Waals surface area contributed by atoms with Gasteiger partial charge < -0.3 is 5.32 Å². The number of hydrazine groups is 1. The molecule has 3 N–H and O–H groups in total. The number of nitrogens with zero attached hydrogens (tertiary/aromatic N) is 3. The predicted molar refractivity (Wildman–Crippen MR) is 141 cm³/mol. The molecule has 0 spiro atoms. The molecule has 0 radical (unpaired) electrons. The van der Waals surface area contributed by atoms with Crippen LogP contribution in [-0.2, 0) is 4.79 Å². The van der Waals surface area contributed by atoms with Crippen LogP contribution in [-0.4, -0.2) is 37.6 Å². The maximum atomic E-state index is 12.5. The average Bonchev–Trinajstić information content (AvgIpc) is 3.27. The maximum Gasteiger partial charge on any atom is 0.248 e. The van der Waals surface area contributed by atoms with Crippen molar-refractivity contribution in [1.82, 2.24) is 30.9 Å². The molecular weight excluding hydrogens is 488 g/mol. The number of hydrogen-bond acceptors (Lipinski definition) is 5. The Hall–Kier alpha value is -2.62. The zero-order valence-electron chi connectivity index (χ0n) is 18.9. The number of thiocarbonyl (C=S) groups is 1. The highest BCUT2D eigenvalue weighted by Crippen LogP contribution is 2.28. The van der Waals surface area contributed by atoms with Crippen LogP contribution in [0.3, 0.4) is 0 Å². The first-order valence-corrected chi connectivity index (χ1v) is 13.0. The van der Waals surface area contributed by atoms with E-state index in [0.29, 0.717) is 27.2 Å². The van der Waals surface area contributed by atoms with Crippen LogP contribution in [0.15, 0.2) is 53.7 Å². The largest absolute Gasteiger partial charge is 0.359 e. The fraction of sp³-hybridized carbons (Fsp3) is 0.333. The van der Waals surface area contributed by atoms with Gasteiger partial charge in [-0.3, -0.25) is 20.2 Å². The van der Waals surface area contributed by atoms with E-state index in [0.717, 1.165) is 29.7 Å². The third-order valence-corrected chi connectivity index (χ3v) is 7.02. The summed E-state index contributed by atoms with van der Waals surface area (Å²) in [5.41, 5.74) is 8.43. The second-order valence-corrected chi connectivity index (χ2v) is 10.0. The van der Waals surface area contributed by atoms with Crippen LogP contribution in [0.5, 0.6) is 0 Å². The first kappa shape index (κ1) is 24.5. The summed E-state index contributed by atoms with van der Waals surface area (Å²) in [4.78, 5) is 12.5. The maximum absolute atomic E-state index is 12.5. The minimum atomic E-state index is -0.204. The van der Waals surface area contributed by atoms with Crippen molar-refractivity contribution in [2.75, 3.05) is 5.75 Å². The molecule has 1 fully saturated rings. The van der Waals surface area contributed by atoms with Gasteiger partial charge in [-0.05, 0) is 68.4 Å². The number of amides is 1. The Bertz CT molecular complexity index is 1130. The molecule has 0 saturated heterocycles. The smallest absolute Gasteiger partial charge is 0.248 e. The summed E-state index contributed by atoms with van der Waals surface area (Å²) in [6.45, 7) is 2.04. The van der Waals surface area contributed by atoms with Crippen LogP contribution in [0.25, 0.3) is 17.1 Å². The van der Waals surface area contributed by atoms with Crippen LogP contribution in [0.4, 0.5) is 0 Å². The zero-order chi connectivity index (χ0) is 23.9. The first-order chi connectivity index (χ1) is 16.5. The minimum absolute atomic E-state index is 0.156. The molecule has 0 bridgehead atoms. The summed E-state index contributed by atoms with van der Waals surface area (Å²) in [5, 5.41) is 13.7. The van der Waals surface area contributed by atoms with Crippen molar-refractivity contribution in [1.29, 1.82) is 0 Å². The molecule has 178 valence electrons. The lowest BCUT2D eigenvalue weighted by molar-refractivity contribution is -0.119. The number of rotatable bonds is 6. The number of hydrogen-bond donors (Lipinski definition) is 3. The van der Waals surface area contributed by atoms with Gasteiger partial charge in [0.2, 0.25) is 5.91 Å². The molecule has 4 rings (SSSR count). The van der Waals surface area contributed by atoms with E-state index >= 15 is 0 Å². The van der Waals surface area contributed by atoms with E-state index in [9.17, 15) is 4.79 Å². The van der Waals surface area contributed by atoms with Crippen molar-refractivity contribution >= 4 is 46.6 Å². The van der Waals surface area contributed by atoms with Gasteiger partial charge in [0, 0.05) is 22.3 Å². The van der Waals surface area contributed by atoms with Gasteiger partial charge in [0.25, 0.3) is 0 Å². The molecule has 0 unspecified atom stereocenters. The summed E-state index contributed by atoms with van der Waals surface area (Å²) in [6.07, 6.45) is 5.91. The van der Waals surface area contributed by atoms with E-state index in [-0.39, 0.29) is 11.7 Å². The molecule has 10 heteroatoms. The van der Waals surface area contributed by atoms with E-state index < -0.39 is 0 Å². The lowest BCUT2D eigenvalue weighted by Crippen LogP contribution is -2.50. The van der Waals surface area contributed by atoms with Gasteiger partial charge in [0.05, 0.1) is 5.75 Å². The van der Waals surface area contributed by atoms with E-state index in [1.807, 2.05) is 60.0 Å². The van der Waals surface area contributed by atoms with Gasteiger partial charge in [-0.2, -0.15) is 0 Å². The Kier molecular flexibility index (Phi) is 8.42. The highest BCUT2D eigenvalue weighted by atomic mass is 35.5. The van der Waals surface area contributed by atoms with Gasteiger partial charge in [-0.25, -0.2) is 0 Å². The van der Waals surface area contributed by atoms with E-state index in [2.05, 4.69) is 26.4 Å². The molecule has 1 aromatic heterocycles. The first-order valence-electron chi connectivity index (χ1n) is 11.3. The molecule has 1 heterocycles. The lowest BCUT2D eigenvalue weighted by atomic mass is 9.96. The number of aromatic nitrogens is 3. The lowest BCUT2D eigenvalue weighted by Gasteiger charge is -2.24. The Balaban J connectivity index is 1.42.